The standard InChI is InChI=1S/C18H21FN4O2/c19-15-4-2-14(3-5-15)13-21-7-9-22(10-8-21)18(24)16-12-17-23(20-16)6-1-11-25-17/h2-5,12H,1,6-11,13H2. The molecule has 0 atom stereocenters. The van der Waals surface area contributed by atoms with Crippen molar-refractivity contribution in [2.45, 2.75) is 19.5 Å². The molecule has 1 aromatic carbocycles. The Balaban J connectivity index is 1.34. The first kappa shape index (κ1) is 16.1. The second-order valence-corrected chi connectivity index (χ2v) is 6.49. The van der Waals surface area contributed by atoms with Crippen molar-refractivity contribution in [3.05, 3.63) is 47.4 Å². The molecule has 0 saturated carbocycles. The van der Waals surface area contributed by atoms with Crippen LogP contribution in [0.4, 0.5) is 4.39 Å². The maximum absolute atomic E-state index is 13.0. The highest BCUT2D eigenvalue weighted by molar-refractivity contribution is 5.92. The van der Waals surface area contributed by atoms with Crippen LogP contribution in [0.25, 0.3) is 0 Å². The quantitative estimate of drug-likeness (QED) is 0.851. The minimum atomic E-state index is -0.217. The molecule has 2 aliphatic rings. The van der Waals surface area contributed by atoms with Gasteiger partial charge < -0.3 is 9.64 Å². The lowest BCUT2D eigenvalue weighted by molar-refractivity contribution is 0.0621. The fourth-order valence-electron chi connectivity index (χ4n) is 3.29. The average Bonchev–Trinajstić information content (AvgIpc) is 3.08. The van der Waals surface area contributed by atoms with Crippen LogP contribution >= 0.6 is 0 Å². The number of carbonyl (C=O) groups is 1. The summed E-state index contributed by atoms with van der Waals surface area (Å²) in [5, 5.41) is 4.37. The van der Waals surface area contributed by atoms with E-state index in [2.05, 4.69) is 10.00 Å². The molecule has 0 N–H and O–H groups in total. The smallest absolute Gasteiger partial charge is 0.274 e. The number of rotatable bonds is 3. The third kappa shape index (κ3) is 3.51. The zero-order valence-electron chi connectivity index (χ0n) is 14.0. The summed E-state index contributed by atoms with van der Waals surface area (Å²) < 4.78 is 20.3. The molecule has 0 bridgehead atoms. The third-order valence-corrected chi connectivity index (χ3v) is 4.71. The number of nitrogens with zero attached hydrogens (tertiary/aromatic N) is 4. The summed E-state index contributed by atoms with van der Waals surface area (Å²) in [6.07, 6.45) is 0.921. The van der Waals surface area contributed by atoms with Crippen LogP contribution < -0.4 is 4.74 Å². The van der Waals surface area contributed by atoms with Crippen LogP contribution in [0.3, 0.4) is 0 Å². The molecular weight excluding hydrogens is 323 g/mol. The lowest BCUT2D eigenvalue weighted by atomic mass is 10.2. The number of halogens is 1. The number of fused-ring (bicyclic) bond motifs is 1. The highest BCUT2D eigenvalue weighted by Gasteiger charge is 2.25. The molecule has 2 aromatic rings. The molecule has 0 radical (unpaired) electrons. The van der Waals surface area contributed by atoms with Crippen molar-refractivity contribution in [1.29, 1.82) is 0 Å². The van der Waals surface area contributed by atoms with E-state index in [0.717, 1.165) is 38.2 Å². The first-order chi connectivity index (χ1) is 12.2. The van der Waals surface area contributed by atoms with Crippen molar-refractivity contribution in [1.82, 2.24) is 19.6 Å². The van der Waals surface area contributed by atoms with Gasteiger partial charge in [0.25, 0.3) is 5.91 Å². The van der Waals surface area contributed by atoms with Gasteiger partial charge in [-0.25, -0.2) is 9.07 Å². The Morgan fingerprint density at radius 1 is 1.12 bits per heavy atom. The molecule has 2 aliphatic heterocycles. The summed E-state index contributed by atoms with van der Waals surface area (Å²) >= 11 is 0. The van der Waals surface area contributed by atoms with Crippen molar-refractivity contribution >= 4 is 5.91 Å². The number of aryl methyl sites for hydroxylation is 1. The number of benzene rings is 1. The summed E-state index contributed by atoms with van der Waals surface area (Å²) in [7, 11) is 0. The van der Waals surface area contributed by atoms with Crippen LogP contribution in [0.5, 0.6) is 5.88 Å². The van der Waals surface area contributed by atoms with Gasteiger partial charge in [0, 0.05) is 51.8 Å². The predicted octanol–water partition coefficient (Wildman–Crippen LogP) is 1.76. The first-order valence-electron chi connectivity index (χ1n) is 8.66. The molecule has 4 rings (SSSR count). The van der Waals surface area contributed by atoms with Crippen LogP contribution in [0.15, 0.2) is 30.3 Å². The van der Waals surface area contributed by atoms with E-state index in [0.29, 0.717) is 31.3 Å². The van der Waals surface area contributed by atoms with Gasteiger partial charge in [-0.1, -0.05) is 12.1 Å². The molecular formula is C18H21FN4O2. The molecule has 0 aliphatic carbocycles. The highest BCUT2D eigenvalue weighted by Crippen LogP contribution is 2.20. The summed E-state index contributed by atoms with van der Waals surface area (Å²) in [5.74, 6) is 0.433. The Morgan fingerprint density at radius 2 is 1.88 bits per heavy atom. The van der Waals surface area contributed by atoms with Crippen LogP contribution in [0.1, 0.15) is 22.5 Å². The number of carbonyl (C=O) groups excluding carboxylic acids is 1. The van der Waals surface area contributed by atoms with Gasteiger partial charge in [0.05, 0.1) is 6.61 Å². The maximum Gasteiger partial charge on any atom is 0.274 e. The number of aromatic nitrogens is 2. The van der Waals surface area contributed by atoms with Gasteiger partial charge in [-0.3, -0.25) is 9.69 Å². The van der Waals surface area contributed by atoms with Crippen molar-refractivity contribution < 1.29 is 13.9 Å². The number of hydrogen-bond acceptors (Lipinski definition) is 4. The van der Waals surface area contributed by atoms with Crippen LogP contribution in [0.2, 0.25) is 0 Å². The average molecular weight is 344 g/mol. The van der Waals surface area contributed by atoms with E-state index in [1.54, 1.807) is 10.7 Å². The lowest BCUT2D eigenvalue weighted by Gasteiger charge is -2.34. The molecule has 7 heteroatoms. The summed E-state index contributed by atoms with van der Waals surface area (Å²) in [5.41, 5.74) is 1.55. The minimum Gasteiger partial charge on any atom is -0.478 e. The van der Waals surface area contributed by atoms with Gasteiger partial charge in [-0.15, -0.1) is 0 Å². The lowest BCUT2D eigenvalue weighted by Crippen LogP contribution is -2.48. The van der Waals surface area contributed by atoms with Gasteiger partial charge in [0.2, 0.25) is 5.88 Å². The predicted molar refractivity (Wildman–Crippen MR) is 89.9 cm³/mol. The fraction of sp³-hybridized carbons (Fsp3) is 0.444. The SMILES string of the molecule is O=C(c1cc2n(n1)CCCO2)N1CCN(Cc2ccc(F)cc2)CC1. The molecule has 132 valence electrons. The van der Waals surface area contributed by atoms with E-state index < -0.39 is 0 Å². The van der Waals surface area contributed by atoms with E-state index in [1.807, 2.05) is 17.0 Å². The summed E-state index contributed by atoms with van der Waals surface area (Å²) in [6, 6.07) is 8.33. The normalized spacial score (nSPS) is 17.9. The monoisotopic (exact) mass is 344 g/mol. The first-order valence-corrected chi connectivity index (χ1v) is 8.66. The second-order valence-electron chi connectivity index (χ2n) is 6.49. The summed E-state index contributed by atoms with van der Waals surface area (Å²) in [6.45, 7) is 5.19. The topological polar surface area (TPSA) is 50.6 Å². The van der Waals surface area contributed by atoms with E-state index >= 15 is 0 Å². The van der Waals surface area contributed by atoms with Crippen molar-refractivity contribution in [2.24, 2.45) is 0 Å². The van der Waals surface area contributed by atoms with E-state index in [1.165, 1.54) is 12.1 Å². The molecule has 0 unspecified atom stereocenters. The zero-order valence-corrected chi connectivity index (χ0v) is 14.0. The van der Waals surface area contributed by atoms with E-state index in [9.17, 15) is 9.18 Å². The van der Waals surface area contributed by atoms with Gasteiger partial charge in [0.15, 0.2) is 5.69 Å². The summed E-state index contributed by atoms with van der Waals surface area (Å²) in [4.78, 5) is 16.8. The molecule has 6 nitrogen and oxygen atoms in total. The largest absolute Gasteiger partial charge is 0.478 e. The molecule has 1 amide bonds. The molecule has 1 aromatic heterocycles. The second kappa shape index (κ2) is 6.84. The Kier molecular flexibility index (Phi) is 4.40. The van der Waals surface area contributed by atoms with Crippen LogP contribution in [-0.2, 0) is 13.1 Å². The molecule has 1 fully saturated rings. The van der Waals surface area contributed by atoms with E-state index in [4.69, 9.17) is 4.74 Å². The van der Waals surface area contributed by atoms with Crippen molar-refractivity contribution in [3.8, 4) is 5.88 Å². The maximum atomic E-state index is 13.0. The van der Waals surface area contributed by atoms with Gasteiger partial charge in [0.1, 0.15) is 5.82 Å². The van der Waals surface area contributed by atoms with Crippen molar-refractivity contribution in [2.75, 3.05) is 32.8 Å². The number of amides is 1. The molecule has 1 saturated heterocycles. The Bertz CT molecular complexity index is 727. The van der Waals surface area contributed by atoms with E-state index in [-0.39, 0.29) is 11.7 Å². The van der Waals surface area contributed by atoms with Crippen LogP contribution in [0, 0.1) is 5.82 Å². The number of ether oxygens (including phenoxy) is 1. The number of hydrogen-bond donors (Lipinski definition) is 0. The Morgan fingerprint density at radius 3 is 2.60 bits per heavy atom. The highest BCUT2D eigenvalue weighted by atomic mass is 19.1. The zero-order chi connectivity index (χ0) is 17.2. The van der Waals surface area contributed by atoms with Gasteiger partial charge in [-0.2, -0.15) is 5.10 Å². The fourth-order valence-corrected chi connectivity index (χ4v) is 3.29. The minimum absolute atomic E-state index is 0.0352. The third-order valence-electron chi connectivity index (χ3n) is 4.71. The molecule has 3 heterocycles. The van der Waals surface area contributed by atoms with Gasteiger partial charge in [-0.05, 0) is 17.7 Å². The molecule has 0 spiro atoms. The Labute approximate surface area is 145 Å². The van der Waals surface area contributed by atoms with Gasteiger partial charge >= 0.3 is 0 Å². The van der Waals surface area contributed by atoms with Crippen LogP contribution in [-0.4, -0.2) is 58.3 Å². The number of piperazine rings is 1. The Hall–Kier alpha value is -2.41. The van der Waals surface area contributed by atoms with Crippen molar-refractivity contribution in [3.63, 3.8) is 0 Å². The molecule has 25 heavy (non-hydrogen) atoms.